The summed E-state index contributed by atoms with van der Waals surface area (Å²) in [5, 5.41) is 40.8. The molecule has 23 heteroatoms. The first kappa shape index (κ1) is 76.9. The first-order chi connectivity index (χ1) is 50.1. The highest BCUT2D eigenvalue weighted by Gasteiger charge is 2.32. The number of carboxylic acids is 1. The van der Waals surface area contributed by atoms with Gasteiger partial charge in [0.25, 0.3) is 0 Å². The predicted octanol–water partition coefficient (Wildman–Crippen LogP) is 17.2. The van der Waals surface area contributed by atoms with Crippen LogP contribution in [-0.4, -0.2) is 64.4 Å². The molecule has 0 fully saturated rings. The molecule has 14 rings (SSSR count). The highest BCUT2D eigenvalue weighted by Crippen LogP contribution is 2.39. The molecule has 11 aromatic rings. The van der Waals surface area contributed by atoms with Crippen LogP contribution in [0.2, 0.25) is 0 Å². The third-order valence-electron chi connectivity index (χ3n) is 16.5. The van der Waals surface area contributed by atoms with Crippen LogP contribution in [0.5, 0.6) is 34.5 Å². The summed E-state index contributed by atoms with van der Waals surface area (Å²) in [4.78, 5) is 25.7. The fourth-order valence-corrected chi connectivity index (χ4v) is 12.5. The van der Waals surface area contributed by atoms with Gasteiger partial charge in [0.15, 0.2) is 40.3 Å². The standard InChI is InChI=1S/C29H24F3NO3.C23H19IO3.C15H15NO2.C7H6BF3O2.C7H5IO2/c30-29(31,32)23-13-11-22(12-14-23)24-8-4-5-9-25(24)28(34)33(17-20-6-2-1-3-7-20)18-21-10-15-26-27(16-21)36-19-35-26;24-20-9-5-4-8-19(20)23(25)18(12-16-6-2-1-3-7-16)13-17-10-11-21-22(14-17)27-15-26-21;1-2-4-12(5-3-1)9-16-10-13-6-7-14-15(8-13)18-11-17-14;9-7(10,11)5-1-3-6(4-2-5)8(12)13;8-6-4-2-1-3-5(6)7(9)10/h1-16,28,34H,17-19H2;1-11,14,18H,12-13,15H2;1-8,16H,9-11H2;1-4,12-13H;1-4H,(H,9,10). The van der Waals surface area contributed by atoms with Gasteiger partial charge < -0.3 is 54.0 Å². The largest absolute Gasteiger partial charge is 0.488 e. The molecule has 2 unspecified atom stereocenters. The number of carboxylic acid groups (broad SMARTS) is 1. The fraction of sp³-hybridized carbons (Fsp3) is 0.160. The smallest absolute Gasteiger partial charge is 0.478 e. The van der Waals surface area contributed by atoms with Crippen LogP contribution >= 0.6 is 45.2 Å². The Bertz CT molecular complexity index is 4610. The van der Waals surface area contributed by atoms with Crippen molar-refractivity contribution in [3.8, 4) is 45.6 Å². The van der Waals surface area contributed by atoms with Gasteiger partial charge in [0, 0.05) is 50.4 Å². The molecule has 0 saturated heterocycles. The van der Waals surface area contributed by atoms with E-state index in [1.54, 1.807) is 24.3 Å². The van der Waals surface area contributed by atoms with Crippen molar-refractivity contribution >= 4 is 69.5 Å². The van der Waals surface area contributed by atoms with Gasteiger partial charge in [-0.25, -0.2) is 4.79 Å². The lowest BCUT2D eigenvalue weighted by Crippen LogP contribution is -2.29. The number of aliphatic hydroxyl groups is 1. The van der Waals surface area contributed by atoms with Crippen molar-refractivity contribution in [1.29, 1.82) is 0 Å². The minimum atomic E-state index is -4.41. The van der Waals surface area contributed by atoms with Crippen molar-refractivity contribution in [2.24, 2.45) is 5.92 Å². The Morgan fingerprint density at radius 2 is 0.846 bits per heavy atom. The van der Waals surface area contributed by atoms with Crippen LogP contribution in [0.25, 0.3) is 11.1 Å². The fourth-order valence-electron chi connectivity index (χ4n) is 11.2. The van der Waals surface area contributed by atoms with E-state index in [1.807, 2.05) is 179 Å². The number of aromatic carboxylic acids is 1. The molecule has 0 amide bonds. The van der Waals surface area contributed by atoms with Crippen LogP contribution in [-0.2, 0) is 51.4 Å². The van der Waals surface area contributed by atoms with Gasteiger partial charge in [0.2, 0.25) is 20.4 Å². The minimum absolute atomic E-state index is 0.0352. The van der Waals surface area contributed by atoms with E-state index in [0.717, 1.165) is 102 Å². The molecule has 3 aliphatic heterocycles. The average Bonchev–Trinajstić information content (AvgIpc) is 0.960. The first-order valence-electron chi connectivity index (χ1n) is 32.6. The highest BCUT2D eigenvalue weighted by molar-refractivity contribution is 14.1. The molecule has 5 N–H and O–H groups in total. The topological polar surface area (TPSA) is 186 Å². The van der Waals surface area contributed by atoms with Crippen molar-refractivity contribution in [2.45, 2.75) is 57.6 Å². The monoisotopic (exact) mass is 1640 g/mol. The van der Waals surface area contributed by atoms with Gasteiger partial charge in [-0.3, -0.25) is 9.69 Å². The Hall–Kier alpha value is -9.74. The molecule has 2 atom stereocenters. The number of ketones is 1. The summed E-state index contributed by atoms with van der Waals surface area (Å²) in [5.41, 5.74) is 8.24. The van der Waals surface area contributed by atoms with Gasteiger partial charge in [0.05, 0.1) is 16.7 Å². The lowest BCUT2D eigenvalue weighted by atomic mass is 9.80. The summed E-state index contributed by atoms with van der Waals surface area (Å²) in [6.45, 7) is 3.33. The maximum absolute atomic E-state index is 13.3. The lowest BCUT2D eigenvalue weighted by molar-refractivity contribution is -0.138. The second kappa shape index (κ2) is 37.1. The van der Waals surface area contributed by atoms with E-state index in [1.165, 1.54) is 28.8 Å². The van der Waals surface area contributed by atoms with Gasteiger partial charge in [-0.15, -0.1) is 0 Å². The molecule has 0 radical (unpaired) electrons. The summed E-state index contributed by atoms with van der Waals surface area (Å²) in [6, 6.07) is 78.6. The average molecular weight is 1640 g/mol. The molecule has 0 aliphatic carbocycles. The van der Waals surface area contributed by atoms with Gasteiger partial charge in [-0.05, 0) is 175 Å². The van der Waals surface area contributed by atoms with Crippen molar-refractivity contribution in [3.05, 3.63) is 335 Å². The summed E-state index contributed by atoms with van der Waals surface area (Å²) in [6.07, 6.45) is -8.45. The maximum Gasteiger partial charge on any atom is 0.488 e. The number of benzene rings is 11. The SMILES string of the molecule is O=C(O)c1ccccc1I.O=C(c1ccccc1I)C(Cc1ccccc1)Cc1ccc2c(c1)OCO2.OB(O)c1ccc(C(F)(F)F)cc1.OC(c1ccccc1-c1ccc(C(F)(F)F)cc1)N(Cc1ccccc1)Cc1ccc2c(c1)OCO2.c1ccc(CNCc2ccc3c(c2)OCO3)cc1. The number of fused-ring (bicyclic) bond motifs is 3. The van der Waals surface area contributed by atoms with E-state index >= 15 is 0 Å². The van der Waals surface area contributed by atoms with Crippen LogP contribution in [0, 0.1) is 13.1 Å². The number of alkyl halides is 6. The molecule has 0 saturated carbocycles. The molecule has 14 nitrogen and oxygen atoms in total. The Balaban J connectivity index is 0.000000150. The second-order valence-corrected chi connectivity index (χ2v) is 26.1. The maximum atomic E-state index is 13.3. The Kier molecular flexibility index (Phi) is 27.4. The van der Waals surface area contributed by atoms with Gasteiger partial charge in [-0.1, -0.05) is 200 Å². The van der Waals surface area contributed by atoms with Crippen molar-refractivity contribution < 1.29 is 84.6 Å². The molecular weight excluding hydrogens is 1570 g/mol. The molecule has 0 spiro atoms. The Labute approximate surface area is 624 Å². The van der Waals surface area contributed by atoms with Crippen molar-refractivity contribution in [2.75, 3.05) is 20.4 Å². The van der Waals surface area contributed by atoms with Crippen molar-refractivity contribution in [3.63, 3.8) is 0 Å². The molecule has 3 heterocycles. The molecule has 3 aliphatic rings. The lowest BCUT2D eigenvalue weighted by Gasteiger charge is -2.30. The first-order valence-corrected chi connectivity index (χ1v) is 34.8. The van der Waals surface area contributed by atoms with E-state index in [9.17, 15) is 41.0 Å². The zero-order valence-corrected chi connectivity index (χ0v) is 59.8. The normalized spacial score (nSPS) is 12.7. The number of nitrogens with zero attached hydrogens (tertiary/aromatic N) is 1. The second-order valence-electron chi connectivity index (χ2n) is 23.8. The van der Waals surface area contributed by atoms with E-state index in [4.69, 9.17) is 43.6 Å². The highest BCUT2D eigenvalue weighted by atomic mass is 127. The number of nitrogens with one attached hydrogen (secondary N) is 1. The number of hydrogen-bond acceptors (Lipinski definition) is 13. The number of aliphatic hydroxyl groups excluding tert-OH is 1. The van der Waals surface area contributed by atoms with Crippen LogP contribution in [0.3, 0.4) is 0 Å². The molecule has 0 bridgehead atoms. The van der Waals surface area contributed by atoms with Gasteiger partial charge >= 0.3 is 25.4 Å². The van der Waals surface area contributed by atoms with Crippen LogP contribution in [0.15, 0.2) is 267 Å². The summed E-state index contributed by atoms with van der Waals surface area (Å²) >= 11 is 4.23. The van der Waals surface area contributed by atoms with Crippen LogP contribution < -0.4 is 39.2 Å². The van der Waals surface area contributed by atoms with E-state index < -0.39 is 42.8 Å². The molecule has 104 heavy (non-hydrogen) atoms. The number of halogens is 8. The summed E-state index contributed by atoms with van der Waals surface area (Å²) < 4.78 is 109. The Morgan fingerprint density at radius 1 is 0.442 bits per heavy atom. The van der Waals surface area contributed by atoms with Gasteiger partial charge in [0.1, 0.15) is 6.23 Å². The molecular formula is C81H69BF6I2N2O12. The van der Waals surface area contributed by atoms with E-state index in [0.29, 0.717) is 66.5 Å². The number of carbonyl (C=O) groups is 2. The number of hydrogen-bond donors (Lipinski definition) is 5. The minimum Gasteiger partial charge on any atom is -0.478 e. The third-order valence-corrected chi connectivity index (χ3v) is 18.4. The Morgan fingerprint density at radius 3 is 1.36 bits per heavy atom. The number of Topliss-reactive ketones (excluding diaryl/α,β-unsaturated/α-hetero) is 1. The van der Waals surface area contributed by atoms with Gasteiger partial charge in [-0.2, -0.15) is 26.3 Å². The molecule has 11 aromatic carbocycles. The number of ether oxygens (including phenoxy) is 6. The zero-order valence-electron chi connectivity index (χ0n) is 55.5. The van der Waals surface area contributed by atoms with Crippen LogP contribution in [0.1, 0.15) is 77.0 Å². The quantitative estimate of drug-likeness (QED) is 0.0169. The summed E-state index contributed by atoms with van der Waals surface area (Å²) in [7, 11) is -1.73. The molecule has 0 aromatic heterocycles. The zero-order chi connectivity index (χ0) is 73.6. The van der Waals surface area contributed by atoms with E-state index in [-0.39, 0.29) is 30.7 Å². The summed E-state index contributed by atoms with van der Waals surface area (Å²) in [5.74, 6) is 3.72. The van der Waals surface area contributed by atoms with E-state index in [2.05, 4.69) is 70.4 Å². The predicted molar refractivity (Wildman–Crippen MR) is 400 cm³/mol. The van der Waals surface area contributed by atoms with Crippen molar-refractivity contribution in [1.82, 2.24) is 10.2 Å². The number of rotatable bonds is 19. The van der Waals surface area contributed by atoms with Crippen LogP contribution in [0.4, 0.5) is 26.3 Å². The third kappa shape index (κ3) is 22.2. The number of carbonyl (C=O) groups excluding carboxylic acids is 1. The molecule has 534 valence electrons.